The van der Waals surface area contributed by atoms with Gasteiger partial charge in [0.1, 0.15) is 12.4 Å². The fourth-order valence-corrected chi connectivity index (χ4v) is 2.81. The molecule has 2 rings (SSSR count). The van der Waals surface area contributed by atoms with E-state index in [1.54, 1.807) is 18.4 Å². The predicted molar refractivity (Wildman–Crippen MR) is 86.4 cm³/mol. The van der Waals surface area contributed by atoms with Crippen LogP contribution in [0.1, 0.15) is 16.7 Å². The average Bonchev–Trinajstić information content (AvgIpc) is 2.98. The van der Waals surface area contributed by atoms with Gasteiger partial charge in [0.15, 0.2) is 0 Å². The topological polar surface area (TPSA) is 32.7 Å². The third kappa shape index (κ3) is 4.61. The predicted octanol–water partition coefficient (Wildman–Crippen LogP) is 2.73. The molecular formula is C17H19NO2S. The molecule has 0 aliphatic heterocycles. The second-order valence-electron chi connectivity index (χ2n) is 4.80. The van der Waals surface area contributed by atoms with Crippen LogP contribution in [0.3, 0.4) is 0 Å². The normalized spacial score (nSPS) is 10.3. The highest BCUT2D eigenvalue weighted by Gasteiger charge is 2.06. The Morgan fingerprint density at radius 1 is 1.24 bits per heavy atom. The number of hydrogen-bond donors (Lipinski definition) is 1. The summed E-state index contributed by atoms with van der Waals surface area (Å²) < 4.78 is 5.29. The second-order valence-corrected chi connectivity index (χ2v) is 5.58. The van der Waals surface area contributed by atoms with Gasteiger partial charge in [0, 0.05) is 13.1 Å². The fourth-order valence-electron chi connectivity index (χ4n) is 2.15. The van der Waals surface area contributed by atoms with Gasteiger partial charge in [0.05, 0.1) is 12.7 Å². The van der Waals surface area contributed by atoms with Crippen LogP contribution in [0.15, 0.2) is 35.0 Å². The minimum Gasteiger partial charge on any atom is -0.495 e. The maximum atomic E-state index is 8.83. The number of rotatable bonds is 5. The van der Waals surface area contributed by atoms with Gasteiger partial charge in [-0.15, -0.1) is 0 Å². The standard InChI is InChI=1S/C17H19NO2S/c1-18(12-15-7-9-21-13-15)11-14-5-6-17(20-2)16(10-14)4-3-8-19/h5-7,9-10,13,19H,8,11-12H2,1-2H3. The van der Waals surface area contributed by atoms with Gasteiger partial charge in [-0.3, -0.25) is 4.90 Å². The van der Waals surface area contributed by atoms with Crippen molar-refractivity contribution in [3.05, 3.63) is 51.7 Å². The number of methoxy groups -OCH3 is 1. The molecule has 0 aliphatic carbocycles. The summed E-state index contributed by atoms with van der Waals surface area (Å²) in [6.07, 6.45) is 0. The summed E-state index contributed by atoms with van der Waals surface area (Å²) in [6, 6.07) is 8.14. The van der Waals surface area contributed by atoms with E-state index in [-0.39, 0.29) is 6.61 Å². The number of aliphatic hydroxyl groups excluding tert-OH is 1. The van der Waals surface area contributed by atoms with Gasteiger partial charge < -0.3 is 9.84 Å². The van der Waals surface area contributed by atoms with Crippen LogP contribution in [0.5, 0.6) is 5.75 Å². The Kier molecular flexibility index (Phi) is 5.82. The molecule has 0 saturated heterocycles. The molecule has 3 nitrogen and oxygen atoms in total. The van der Waals surface area contributed by atoms with Crippen LogP contribution in [0.25, 0.3) is 0 Å². The van der Waals surface area contributed by atoms with Gasteiger partial charge in [-0.2, -0.15) is 11.3 Å². The number of nitrogens with zero attached hydrogens (tertiary/aromatic N) is 1. The van der Waals surface area contributed by atoms with Gasteiger partial charge in [0.25, 0.3) is 0 Å². The van der Waals surface area contributed by atoms with Crippen molar-refractivity contribution in [3.8, 4) is 17.6 Å². The largest absolute Gasteiger partial charge is 0.495 e. The Bertz CT molecular complexity index is 626. The lowest BCUT2D eigenvalue weighted by Gasteiger charge is -2.16. The summed E-state index contributed by atoms with van der Waals surface area (Å²) >= 11 is 1.72. The molecule has 0 fully saturated rings. The molecule has 0 saturated carbocycles. The molecule has 0 spiro atoms. The zero-order valence-electron chi connectivity index (χ0n) is 12.3. The molecule has 0 bridgehead atoms. The van der Waals surface area contributed by atoms with Crippen LogP contribution in [0.2, 0.25) is 0 Å². The Morgan fingerprint density at radius 3 is 2.71 bits per heavy atom. The third-order valence-electron chi connectivity index (χ3n) is 3.05. The van der Waals surface area contributed by atoms with Gasteiger partial charge in [-0.1, -0.05) is 17.9 Å². The van der Waals surface area contributed by atoms with E-state index in [1.807, 2.05) is 18.2 Å². The number of ether oxygens (including phenoxy) is 1. The Balaban J connectivity index is 2.09. The summed E-state index contributed by atoms with van der Waals surface area (Å²) in [7, 11) is 3.73. The minimum atomic E-state index is -0.147. The minimum absolute atomic E-state index is 0.147. The van der Waals surface area contributed by atoms with Crippen molar-refractivity contribution in [1.29, 1.82) is 0 Å². The first kappa shape index (κ1) is 15.6. The highest BCUT2D eigenvalue weighted by Crippen LogP contribution is 2.20. The summed E-state index contributed by atoms with van der Waals surface area (Å²) in [5.41, 5.74) is 3.32. The molecule has 1 heterocycles. The van der Waals surface area contributed by atoms with Crippen molar-refractivity contribution in [3.63, 3.8) is 0 Å². The number of hydrogen-bond acceptors (Lipinski definition) is 4. The highest BCUT2D eigenvalue weighted by atomic mass is 32.1. The van der Waals surface area contributed by atoms with E-state index in [0.29, 0.717) is 0 Å². The van der Waals surface area contributed by atoms with E-state index in [2.05, 4.69) is 40.6 Å². The van der Waals surface area contributed by atoms with Crippen LogP contribution >= 0.6 is 11.3 Å². The van der Waals surface area contributed by atoms with E-state index in [0.717, 1.165) is 24.4 Å². The lowest BCUT2D eigenvalue weighted by atomic mass is 10.1. The summed E-state index contributed by atoms with van der Waals surface area (Å²) in [4.78, 5) is 2.26. The Morgan fingerprint density at radius 2 is 2.05 bits per heavy atom. The summed E-state index contributed by atoms with van der Waals surface area (Å²) in [6.45, 7) is 1.62. The number of aliphatic hydroxyl groups is 1. The fraction of sp³-hybridized carbons (Fsp3) is 0.294. The monoisotopic (exact) mass is 301 g/mol. The third-order valence-corrected chi connectivity index (χ3v) is 3.78. The van der Waals surface area contributed by atoms with E-state index in [9.17, 15) is 0 Å². The van der Waals surface area contributed by atoms with Crippen LogP contribution in [-0.2, 0) is 13.1 Å². The molecular weight excluding hydrogens is 282 g/mol. The van der Waals surface area contributed by atoms with Crippen molar-refractivity contribution < 1.29 is 9.84 Å². The smallest absolute Gasteiger partial charge is 0.134 e. The molecule has 21 heavy (non-hydrogen) atoms. The van der Waals surface area contributed by atoms with Crippen molar-refractivity contribution >= 4 is 11.3 Å². The second kappa shape index (κ2) is 7.84. The molecule has 0 unspecified atom stereocenters. The Labute approximate surface area is 129 Å². The molecule has 1 aromatic carbocycles. The van der Waals surface area contributed by atoms with E-state index in [1.165, 1.54) is 11.1 Å². The summed E-state index contributed by atoms with van der Waals surface area (Å²) in [5, 5.41) is 13.1. The molecule has 0 amide bonds. The molecule has 110 valence electrons. The lowest BCUT2D eigenvalue weighted by Crippen LogP contribution is -2.16. The van der Waals surface area contributed by atoms with Crippen LogP contribution in [-0.4, -0.2) is 30.8 Å². The van der Waals surface area contributed by atoms with Crippen LogP contribution in [0.4, 0.5) is 0 Å². The molecule has 4 heteroatoms. The molecule has 0 atom stereocenters. The average molecular weight is 301 g/mol. The first-order valence-electron chi connectivity index (χ1n) is 6.69. The maximum absolute atomic E-state index is 8.83. The number of benzene rings is 1. The maximum Gasteiger partial charge on any atom is 0.134 e. The molecule has 0 radical (unpaired) electrons. The number of thiophene rings is 1. The quantitative estimate of drug-likeness (QED) is 0.862. The molecule has 1 aromatic heterocycles. The lowest BCUT2D eigenvalue weighted by molar-refractivity contribution is 0.319. The van der Waals surface area contributed by atoms with Crippen LogP contribution < -0.4 is 4.74 Å². The molecule has 1 N–H and O–H groups in total. The highest BCUT2D eigenvalue weighted by molar-refractivity contribution is 7.07. The summed E-state index contributed by atoms with van der Waals surface area (Å²) in [5.74, 6) is 6.34. The van der Waals surface area contributed by atoms with Crippen molar-refractivity contribution in [2.75, 3.05) is 20.8 Å². The van der Waals surface area contributed by atoms with E-state index >= 15 is 0 Å². The van der Waals surface area contributed by atoms with Crippen molar-refractivity contribution in [1.82, 2.24) is 4.90 Å². The Hall–Kier alpha value is -1.80. The van der Waals surface area contributed by atoms with Gasteiger partial charge >= 0.3 is 0 Å². The van der Waals surface area contributed by atoms with E-state index < -0.39 is 0 Å². The first-order valence-corrected chi connectivity index (χ1v) is 7.63. The molecule has 0 aliphatic rings. The van der Waals surface area contributed by atoms with Crippen molar-refractivity contribution in [2.45, 2.75) is 13.1 Å². The molecule has 2 aromatic rings. The van der Waals surface area contributed by atoms with Crippen molar-refractivity contribution in [2.24, 2.45) is 0 Å². The van der Waals surface area contributed by atoms with Gasteiger partial charge in [-0.25, -0.2) is 0 Å². The first-order chi connectivity index (χ1) is 10.2. The zero-order valence-corrected chi connectivity index (χ0v) is 13.1. The van der Waals surface area contributed by atoms with Gasteiger partial charge in [-0.05, 0) is 47.1 Å². The van der Waals surface area contributed by atoms with E-state index in [4.69, 9.17) is 9.84 Å². The van der Waals surface area contributed by atoms with Crippen LogP contribution in [0, 0.1) is 11.8 Å². The zero-order chi connectivity index (χ0) is 15.1. The van der Waals surface area contributed by atoms with Gasteiger partial charge in [0.2, 0.25) is 0 Å². The SMILES string of the molecule is COc1ccc(CN(C)Cc2ccsc2)cc1C#CCO.